The lowest BCUT2D eigenvalue weighted by molar-refractivity contribution is 0.229. The van der Waals surface area contributed by atoms with E-state index in [0.717, 1.165) is 15.4 Å². The Hall–Kier alpha value is 0.430. The second-order valence-electron chi connectivity index (χ2n) is 5.12. The Kier molecular flexibility index (Phi) is 4.56. The molecule has 0 spiro atoms. The molecule has 1 nitrogen and oxygen atoms in total. The molecule has 1 aliphatic carbocycles. The average Bonchev–Trinajstić information content (AvgIpc) is 2.84. The fourth-order valence-corrected chi connectivity index (χ4v) is 4.86. The minimum atomic E-state index is 0.392. The van der Waals surface area contributed by atoms with E-state index in [1.807, 2.05) is 0 Å². The number of hydrogen-bond acceptors (Lipinski definition) is 2. The van der Waals surface area contributed by atoms with E-state index >= 15 is 0 Å². The van der Waals surface area contributed by atoms with Crippen LogP contribution in [0.15, 0.2) is 10.5 Å². The molecule has 1 fully saturated rings. The highest BCUT2D eigenvalue weighted by atomic mass is 79.9. The van der Waals surface area contributed by atoms with Crippen LogP contribution in [0, 0.1) is 5.41 Å². The standard InChI is InChI=1S/C13H19BrClNS/c1-3-16-11(13(2)6-4-5-7-13)10-8-9(14)12(15)17-10/h8,11,16H,3-7H2,1-2H3. The maximum Gasteiger partial charge on any atom is 0.107 e. The number of thiophene rings is 1. The second kappa shape index (κ2) is 5.60. The first-order valence-electron chi connectivity index (χ1n) is 6.25. The molecule has 17 heavy (non-hydrogen) atoms. The summed E-state index contributed by atoms with van der Waals surface area (Å²) in [6.07, 6.45) is 5.35. The first kappa shape index (κ1) is 13.9. The van der Waals surface area contributed by atoms with E-state index < -0.39 is 0 Å². The number of rotatable bonds is 4. The van der Waals surface area contributed by atoms with Crippen LogP contribution in [-0.2, 0) is 0 Å². The normalized spacial score (nSPS) is 20.7. The second-order valence-corrected chi connectivity index (χ2v) is 7.66. The summed E-state index contributed by atoms with van der Waals surface area (Å²) in [5, 5.41) is 3.65. The molecule has 96 valence electrons. The highest BCUT2D eigenvalue weighted by Gasteiger charge is 2.38. The lowest BCUT2D eigenvalue weighted by atomic mass is 9.80. The molecule has 0 radical (unpaired) electrons. The van der Waals surface area contributed by atoms with Gasteiger partial charge in [-0.15, -0.1) is 11.3 Å². The van der Waals surface area contributed by atoms with Crippen LogP contribution in [0.25, 0.3) is 0 Å². The van der Waals surface area contributed by atoms with Gasteiger partial charge in [-0.05, 0) is 46.8 Å². The Morgan fingerprint density at radius 2 is 2.18 bits per heavy atom. The van der Waals surface area contributed by atoms with Gasteiger partial charge < -0.3 is 5.32 Å². The van der Waals surface area contributed by atoms with Crippen LogP contribution < -0.4 is 5.32 Å². The monoisotopic (exact) mass is 335 g/mol. The third-order valence-corrected chi connectivity index (χ3v) is 6.34. The number of nitrogens with one attached hydrogen (secondary N) is 1. The van der Waals surface area contributed by atoms with Crippen LogP contribution in [0.4, 0.5) is 0 Å². The van der Waals surface area contributed by atoms with Crippen LogP contribution in [0.5, 0.6) is 0 Å². The van der Waals surface area contributed by atoms with Crippen molar-refractivity contribution >= 4 is 38.9 Å². The lowest BCUT2D eigenvalue weighted by Gasteiger charge is -2.34. The molecule has 2 rings (SSSR count). The molecule has 1 aromatic rings. The van der Waals surface area contributed by atoms with Crippen molar-refractivity contribution in [3.8, 4) is 0 Å². The molecule has 0 amide bonds. The average molecular weight is 337 g/mol. The molecule has 1 unspecified atom stereocenters. The van der Waals surface area contributed by atoms with Crippen LogP contribution in [0.2, 0.25) is 4.34 Å². The topological polar surface area (TPSA) is 12.0 Å². The third kappa shape index (κ3) is 2.89. The van der Waals surface area contributed by atoms with Gasteiger partial charge in [0, 0.05) is 15.4 Å². The Morgan fingerprint density at radius 3 is 2.65 bits per heavy atom. The summed E-state index contributed by atoms with van der Waals surface area (Å²) in [5.74, 6) is 0. The van der Waals surface area contributed by atoms with Crippen molar-refractivity contribution in [1.29, 1.82) is 0 Å². The molecule has 0 bridgehead atoms. The summed E-state index contributed by atoms with van der Waals surface area (Å²) >= 11 is 11.4. The van der Waals surface area contributed by atoms with Crippen LogP contribution in [-0.4, -0.2) is 6.54 Å². The largest absolute Gasteiger partial charge is 0.309 e. The zero-order valence-electron chi connectivity index (χ0n) is 10.4. The van der Waals surface area contributed by atoms with Gasteiger partial charge in [-0.25, -0.2) is 0 Å². The summed E-state index contributed by atoms with van der Waals surface area (Å²) in [4.78, 5) is 1.37. The van der Waals surface area contributed by atoms with Crippen molar-refractivity contribution in [1.82, 2.24) is 5.32 Å². The van der Waals surface area contributed by atoms with E-state index in [9.17, 15) is 0 Å². The third-order valence-electron chi connectivity index (χ3n) is 3.80. The maximum absolute atomic E-state index is 6.17. The van der Waals surface area contributed by atoms with Gasteiger partial charge in [0.05, 0.1) is 0 Å². The van der Waals surface area contributed by atoms with Crippen molar-refractivity contribution in [2.75, 3.05) is 6.54 Å². The Balaban J connectivity index is 2.28. The number of halogens is 2. The van der Waals surface area contributed by atoms with Crippen molar-refractivity contribution in [2.24, 2.45) is 5.41 Å². The van der Waals surface area contributed by atoms with Gasteiger partial charge in [-0.2, -0.15) is 0 Å². The molecule has 1 atom stereocenters. The fourth-order valence-electron chi connectivity index (χ4n) is 2.87. The molecule has 4 heteroatoms. The molecular formula is C13H19BrClNS. The molecule has 0 aromatic carbocycles. The van der Waals surface area contributed by atoms with Gasteiger partial charge in [0.2, 0.25) is 0 Å². The molecule has 1 aromatic heterocycles. The summed E-state index contributed by atoms with van der Waals surface area (Å²) in [6, 6.07) is 2.63. The Morgan fingerprint density at radius 1 is 1.53 bits per heavy atom. The van der Waals surface area contributed by atoms with Crippen molar-refractivity contribution < 1.29 is 0 Å². The molecule has 1 N–H and O–H groups in total. The zero-order chi connectivity index (χ0) is 12.5. The van der Waals surface area contributed by atoms with E-state index in [-0.39, 0.29) is 0 Å². The van der Waals surface area contributed by atoms with Crippen molar-refractivity contribution in [2.45, 2.75) is 45.6 Å². The summed E-state index contributed by atoms with van der Waals surface area (Å²) in [7, 11) is 0. The Labute approximate surface area is 121 Å². The predicted octanol–water partition coefficient (Wildman–Crippen LogP) is 5.39. The quantitative estimate of drug-likeness (QED) is 0.776. The first-order chi connectivity index (χ1) is 8.07. The molecule has 0 aliphatic heterocycles. The minimum Gasteiger partial charge on any atom is -0.309 e. The van der Waals surface area contributed by atoms with Crippen LogP contribution in [0.3, 0.4) is 0 Å². The van der Waals surface area contributed by atoms with Crippen molar-refractivity contribution in [3.63, 3.8) is 0 Å². The van der Waals surface area contributed by atoms with Gasteiger partial charge in [0.25, 0.3) is 0 Å². The van der Waals surface area contributed by atoms with Gasteiger partial charge in [0.15, 0.2) is 0 Å². The van der Waals surface area contributed by atoms with Gasteiger partial charge in [0.1, 0.15) is 4.34 Å². The van der Waals surface area contributed by atoms with Gasteiger partial charge in [-0.3, -0.25) is 0 Å². The van der Waals surface area contributed by atoms with E-state index in [1.54, 1.807) is 11.3 Å². The molecule has 1 aliphatic rings. The molecule has 0 saturated heterocycles. The minimum absolute atomic E-state index is 0.392. The molecule has 1 heterocycles. The van der Waals surface area contributed by atoms with Gasteiger partial charge >= 0.3 is 0 Å². The summed E-state index contributed by atoms with van der Waals surface area (Å²) < 4.78 is 1.90. The highest BCUT2D eigenvalue weighted by molar-refractivity contribution is 9.10. The van der Waals surface area contributed by atoms with E-state index in [1.165, 1.54) is 30.6 Å². The van der Waals surface area contributed by atoms with Crippen LogP contribution >= 0.6 is 38.9 Å². The Bertz CT molecular complexity index is 365. The van der Waals surface area contributed by atoms with Crippen LogP contribution in [0.1, 0.15) is 50.4 Å². The summed E-state index contributed by atoms with van der Waals surface area (Å²) in [6.45, 7) is 5.60. The maximum atomic E-state index is 6.17. The number of hydrogen-bond donors (Lipinski definition) is 1. The first-order valence-corrected chi connectivity index (χ1v) is 8.23. The lowest BCUT2D eigenvalue weighted by Crippen LogP contribution is -2.33. The van der Waals surface area contributed by atoms with Crippen molar-refractivity contribution in [3.05, 3.63) is 19.8 Å². The molecule has 1 saturated carbocycles. The van der Waals surface area contributed by atoms with Gasteiger partial charge in [-0.1, -0.05) is 38.3 Å². The van der Waals surface area contributed by atoms with E-state index in [0.29, 0.717) is 11.5 Å². The zero-order valence-corrected chi connectivity index (χ0v) is 13.5. The summed E-state index contributed by atoms with van der Waals surface area (Å²) in [5.41, 5.74) is 0.392. The smallest absolute Gasteiger partial charge is 0.107 e. The van der Waals surface area contributed by atoms with E-state index in [4.69, 9.17) is 11.6 Å². The van der Waals surface area contributed by atoms with E-state index in [2.05, 4.69) is 41.2 Å². The molecular weight excluding hydrogens is 318 g/mol. The fraction of sp³-hybridized carbons (Fsp3) is 0.692. The highest BCUT2D eigenvalue weighted by Crippen LogP contribution is 2.49. The predicted molar refractivity (Wildman–Crippen MR) is 80.0 cm³/mol. The SMILES string of the molecule is CCNC(c1cc(Br)c(Cl)s1)C1(C)CCCC1.